The number of aromatic nitrogens is 2. The summed E-state index contributed by atoms with van der Waals surface area (Å²) in [5, 5.41) is 4.82. The zero-order chi connectivity index (χ0) is 13.3. The van der Waals surface area contributed by atoms with Crippen LogP contribution in [0.4, 0.5) is 0 Å². The summed E-state index contributed by atoms with van der Waals surface area (Å²) < 4.78 is 7.37. The predicted octanol–water partition coefficient (Wildman–Crippen LogP) is 2.32. The minimum atomic E-state index is -0.225. The molecule has 5 nitrogen and oxygen atoms in total. The molecule has 0 radical (unpaired) electrons. The van der Waals surface area contributed by atoms with Crippen LogP contribution >= 0.6 is 11.6 Å². The van der Waals surface area contributed by atoms with Crippen LogP contribution < -0.4 is 11.3 Å². The third kappa shape index (κ3) is 2.16. The number of aryl methyl sites for hydroxylation is 3. The van der Waals surface area contributed by atoms with Crippen molar-refractivity contribution >= 4 is 11.6 Å². The molecule has 0 saturated heterocycles. The summed E-state index contributed by atoms with van der Waals surface area (Å²) in [5.41, 5.74) is 4.62. The fourth-order valence-electron chi connectivity index (χ4n) is 2.16. The second kappa shape index (κ2) is 5.14. The van der Waals surface area contributed by atoms with Crippen LogP contribution in [-0.4, -0.2) is 9.78 Å². The number of hydrazine groups is 1. The largest absolute Gasteiger partial charge is 0.466 e. The van der Waals surface area contributed by atoms with Gasteiger partial charge in [-0.1, -0.05) is 11.6 Å². The smallest absolute Gasteiger partial charge is 0.106 e. The molecular formula is C12H17ClN4O. The maximum Gasteiger partial charge on any atom is 0.106 e. The van der Waals surface area contributed by atoms with Crippen LogP contribution in [0.15, 0.2) is 16.7 Å². The molecule has 0 aromatic carbocycles. The lowest BCUT2D eigenvalue weighted by Gasteiger charge is -2.17. The molecule has 1 unspecified atom stereocenters. The molecule has 0 saturated carbocycles. The van der Waals surface area contributed by atoms with Crippen LogP contribution in [0.1, 0.15) is 35.7 Å². The number of rotatable bonds is 4. The molecule has 98 valence electrons. The fourth-order valence-corrected chi connectivity index (χ4v) is 2.41. The summed E-state index contributed by atoms with van der Waals surface area (Å²) in [6.07, 6.45) is 1.63. The van der Waals surface area contributed by atoms with Crippen molar-refractivity contribution in [2.75, 3.05) is 0 Å². The van der Waals surface area contributed by atoms with Crippen LogP contribution in [0.5, 0.6) is 0 Å². The average molecular weight is 269 g/mol. The van der Waals surface area contributed by atoms with Gasteiger partial charge in [-0.25, -0.2) is 5.43 Å². The Morgan fingerprint density at radius 2 is 2.28 bits per heavy atom. The third-order valence-electron chi connectivity index (χ3n) is 2.96. The van der Waals surface area contributed by atoms with Gasteiger partial charge in [0.1, 0.15) is 11.5 Å². The van der Waals surface area contributed by atoms with Crippen LogP contribution in [0.25, 0.3) is 0 Å². The first-order chi connectivity index (χ1) is 8.58. The first-order valence-corrected chi connectivity index (χ1v) is 6.20. The van der Waals surface area contributed by atoms with Gasteiger partial charge in [-0.05, 0) is 26.8 Å². The Kier molecular flexibility index (Phi) is 3.75. The van der Waals surface area contributed by atoms with Gasteiger partial charge >= 0.3 is 0 Å². The predicted molar refractivity (Wildman–Crippen MR) is 70.3 cm³/mol. The molecule has 6 heteroatoms. The van der Waals surface area contributed by atoms with E-state index in [9.17, 15) is 0 Å². The maximum absolute atomic E-state index is 6.20. The highest BCUT2D eigenvalue weighted by atomic mass is 35.5. The minimum absolute atomic E-state index is 0.225. The van der Waals surface area contributed by atoms with E-state index >= 15 is 0 Å². The Morgan fingerprint density at radius 1 is 1.56 bits per heavy atom. The summed E-state index contributed by atoms with van der Waals surface area (Å²) in [7, 11) is 0. The quantitative estimate of drug-likeness (QED) is 0.660. The average Bonchev–Trinajstić information content (AvgIpc) is 2.85. The van der Waals surface area contributed by atoms with E-state index in [4.69, 9.17) is 21.9 Å². The van der Waals surface area contributed by atoms with E-state index in [0.29, 0.717) is 5.02 Å². The minimum Gasteiger partial charge on any atom is -0.466 e. The van der Waals surface area contributed by atoms with Crippen molar-refractivity contribution in [2.24, 2.45) is 5.84 Å². The van der Waals surface area contributed by atoms with E-state index in [-0.39, 0.29) is 6.04 Å². The molecule has 0 spiro atoms. The van der Waals surface area contributed by atoms with E-state index in [0.717, 1.165) is 29.3 Å². The Hall–Kier alpha value is -1.30. The van der Waals surface area contributed by atoms with Crippen LogP contribution in [-0.2, 0) is 6.54 Å². The van der Waals surface area contributed by atoms with Gasteiger partial charge in [0.05, 0.1) is 23.0 Å². The molecule has 0 aliphatic heterocycles. The summed E-state index contributed by atoms with van der Waals surface area (Å²) in [4.78, 5) is 0. The number of nitrogens with two attached hydrogens (primary N) is 1. The fraction of sp³-hybridized carbons (Fsp3) is 0.417. The number of hydrogen-bond donors (Lipinski definition) is 2. The van der Waals surface area contributed by atoms with Gasteiger partial charge in [0.2, 0.25) is 0 Å². The number of halogens is 1. The van der Waals surface area contributed by atoms with E-state index in [1.54, 1.807) is 6.20 Å². The molecule has 2 aromatic heterocycles. The van der Waals surface area contributed by atoms with Gasteiger partial charge in [-0.2, -0.15) is 5.10 Å². The molecule has 18 heavy (non-hydrogen) atoms. The van der Waals surface area contributed by atoms with Crippen LogP contribution in [0.2, 0.25) is 5.02 Å². The maximum atomic E-state index is 6.20. The zero-order valence-electron chi connectivity index (χ0n) is 10.7. The lowest BCUT2D eigenvalue weighted by atomic mass is 10.0. The van der Waals surface area contributed by atoms with E-state index in [2.05, 4.69) is 10.5 Å². The molecule has 0 aliphatic carbocycles. The van der Waals surface area contributed by atoms with E-state index < -0.39 is 0 Å². The highest BCUT2D eigenvalue weighted by Crippen LogP contribution is 2.31. The molecular weight excluding hydrogens is 252 g/mol. The van der Waals surface area contributed by atoms with Crippen molar-refractivity contribution in [3.05, 3.63) is 40.1 Å². The number of nitrogens with one attached hydrogen (secondary N) is 1. The molecule has 2 rings (SSSR count). The first-order valence-electron chi connectivity index (χ1n) is 5.82. The van der Waals surface area contributed by atoms with Gasteiger partial charge in [-0.15, -0.1) is 0 Å². The van der Waals surface area contributed by atoms with Crippen LogP contribution in [0, 0.1) is 13.8 Å². The second-order valence-electron chi connectivity index (χ2n) is 4.16. The summed E-state index contributed by atoms with van der Waals surface area (Å²) in [6.45, 7) is 6.56. The van der Waals surface area contributed by atoms with Crippen molar-refractivity contribution in [1.29, 1.82) is 0 Å². The molecule has 0 fully saturated rings. The number of hydrogen-bond acceptors (Lipinski definition) is 4. The van der Waals surface area contributed by atoms with Crippen LogP contribution in [0.3, 0.4) is 0 Å². The number of nitrogens with zero attached hydrogens (tertiary/aromatic N) is 2. The zero-order valence-corrected chi connectivity index (χ0v) is 11.5. The summed E-state index contributed by atoms with van der Waals surface area (Å²) in [6, 6.07) is 1.74. The van der Waals surface area contributed by atoms with Crippen molar-refractivity contribution < 1.29 is 4.42 Å². The van der Waals surface area contributed by atoms with Gasteiger partial charge in [0.15, 0.2) is 0 Å². The normalized spacial score (nSPS) is 12.9. The summed E-state index contributed by atoms with van der Waals surface area (Å²) >= 11 is 6.20. The molecule has 1 atom stereocenters. The SMILES string of the molecule is CCn1ncc(Cl)c1C(NN)c1cc(C)oc1C. The topological polar surface area (TPSA) is 69.0 Å². The van der Waals surface area contributed by atoms with Gasteiger partial charge in [0, 0.05) is 12.1 Å². The Bertz CT molecular complexity index is 546. The lowest BCUT2D eigenvalue weighted by molar-refractivity contribution is 0.488. The van der Waals surface area contributed by atoms with E-state index in [1.165, 1.54) is 0 Å². The van der Waals surface area contributed by atoms with Gasteiger partial charge in [-0.3, -0.25) is 10.5 Å². The summed E-state index contributed by atoms with van der Waals surface area (Å²) in [5.74, 6) is 7.35. The van der Waals surface area contributed by atoms with Crippen molar-refractivity contribution in [3.8, 4) is 0 Å². The van der Waals surface area contributed by atoms with E-state index in [1.807, 2.05) is 31.5 Å². The Morgan fingerprint density at radius 3 is 2.78 bits per heavy atom. The van der Waals surface area contributed by atoms with Gasteiger partial charge in [0.25, 0.3) is 0 Å². The second-order valence-corrected chi connectivity index (χ2v) is 4.57. The van der Waals surface area contributed by atoms with Crippen molar-refractivity contribution in [2.45, 2.75) is 33.4 Å². The molecule has 2 heterocycles. The molecule has 3 N–H and O–H groups in total. The Balaban J connectivity index is 2.51. The molecule has 0 bridgehead atoms. The van der Waals surface area contributed by atoms with Gasteiger partial charge < -0.3 is 4.42 Å². The Labute approximate surface area is 111 Å². The lowest BCUT2D eigenvalue weighted by Crippen LogP contribution is -2.31. The highest BCUT2D eigenvalue weighted by molar-refractivity contribution is 6.31. The monoisotopic (exact) mass is 268 g/mol. The first kappa shape index (κ1) is 13.1. The molecule has 2 aromatic rings. The highest BCUT2D eigenvalue weighted by Gasteiger charge is 2.24. The standard InChI is InChI=1S/C12H17ClN4O/c1-4-17-12(10(13)6-15-17)11(16-14)9-5-7(2)18-8(9)3/h5-6,11,16H,4,14H2,1-3H3. The van der Waals surface area contributed by atoms with Crippen molar-refractivity contribution in [1.82, 2.24) is 15.2 Å². The third-order valence-corrected chi connectivity index (χ3v) is 3.25. The molecule has 0 aliphatic rings. The molecule has 0 amide bonds. The number of furan rings is 1. The van der Waals surface area contributed by atoms with Crippen molar-refractivity contribution in [3.63, 3.8) is 0 Å².